The summed E-state index contributed by atoms with van der Waals surface area (Å²) in [7, 11) is 1.97. The number of nitrogens with one attached hydrogen (secondary N) is 1. The first-order valence-corrected chi connectivity index (χ1v) is 14.0. The Hall–Kier alpha value is -2.69. The van der Waals surface area contributed by atoms with Crippen LogP contribution in [0, 0.1) is 0 Å². The smallest absolute Gasteiger partial charge is 0.348 e. The van der Waals surface area contributed by atoms with E-state index in [-0.39, 0.29) is 6.54 Å². The summed E-state index contributed by atoms with van der Waals surface area (Å²) >= 11 is 0. The van der Waals surface area contributed by atoms with Crippen LogP contribution in [0.2, 0.25) is 0 Å². The number of hydrogen-bond acceptors (Lipinski definition) is 5. The van der Waals surface area contributed by atoms with E-state index in [4.69, 9.17) is 0 Å². The first kappa shape index (κ1) is 30.8. The Kier molecular flexibility index (Phi) is 12.5. The summed E-state index contributed by atoms with van der Waals surface area (Å²) < 4.78 is 42.0. The Morgan fingerprint density at radius 2 is 1.38 bits per heavy atom. The molecule has 7 nitrogen and oxygen atoms in total. The molecule has 1 aromatic carbocycles. The molecule has 0 aliphatic rings. The number of nitrogens with zero attached hydrogens (tertiary/aromatic N) is 6. The third kappa shape index (κ3) is 11.5. The molecule has 0 bridgehead atoms. The van der Waals surface area contributed by atoms with Crippen LogP contribution < -0.4 is 0 Å². The maximum absolute atomic E-state index is 13.3. The van der Waals surface area contributed by atoms with Crippen LogP contribution in [-0.2, 0) is 33.2 Å². The predicted molar refractivity (Wildman–Crippen MR) is 149 cm³/mol. The minimum atomic E-state index is -4.21. The number of aromatic amines is 1. The number of hydrogen-bond donors (Lipinski definition) is 1. The fraction of sp³-hybridized carbons (Fsp3) is 0.586. The van der Waals surface area contributed by atoms with Gasteiger partial charge in [-0.3, -0.25) is 9.80 Å². The van der Waals surface area contributed by atoms with E-state index < -0.39 is 12.7 Å². The number of benzene rings is 1. The maximum atomic E-state index is 13.3. The van der Waals surface area contributed by atoms with Crippen LogP contribution in [0.1, 0.15) is 62.3 Å². The van der Waals surface area contributed by atoms with Crippen LogP contribution in [0.4, 0.5) is 13.2 Å². The number of aromatic nitrogens is 4. The van der Waals surface area contributed by atoms with Crippen LogP contribution in [0.15, 0.2) is 49.1 Å². The first-order valence-electron chi connectivity index (χ1n) is 14.0. The second-order valence-electron chi connectivity index (χ2n) is 10.3. The van der Waals surface area contributed by atoms with Gasteiger partial charge in [-0.05, 0) is 63.0 Å². The Labute approximate surface area is 231 Å². The molecule has 0 aliphatic heterocycles. The molecular weight excluding hydrogens is 503 g/mol. The molecule has 0 fully saturated rings. The van der Waals surface area contributed by atoms with Crippen molar-refractivity contribution in [3.63, 3.8) is 0 Å². The largest absolute Gasteiger partial charge is 0.401 e. The van der Waals surface area contributed by atoms with Crippen molar-refractivity contribution >= 4 is 0 Å². The van der Waals surface area contributed by atoms with Gasteiger partial charge in [0.25, 0.3) is 0 Å². The number of unbranched alkanes of at least 4 members (excludes halogenated alkanes) is 1. The summed E-state index contributed by atoms with van der Waals surface area (Å²) in [6.45, 7) is 9.17. The quantitative estimate of drug-likeness (QED) is 0.210. The van der Waals surface area contributed by atoms with Crippen molar-refractivity contribution in [2.75, 3.05) is 32.7 Å². The number of alkyl halides is 3. The van der Waals surface area contributed by atoms with Gasteiger partial charge in [-0.25, -0.2) is 9.97 Å². The zero-order chi connectivity index (χ0) is 28.1. The normalized spacial score (nSPS) is 12.3. The third-order valence-corrected chi connectivity index (χ3v) is 6.73. The highest BCUT2D eigenvalue weighted by Crippen LogP contribution is 2.20. The molecule has 2 heterocycles. The van der Waals surface area contributed by atoms with E-state index in [1.807, 2.05) is 48.3 Å². The van der Waals surface area contributed by atoms with Crippen LogP contribution in [0.25, 0.3) is 0 Å². The van der Waals surface area contributed by atoms with Gasteiger partial charge in [0, 0.05) is 44.9 Å². The van der Waals surface area contributed by atoms with Crippen molar-refractivity contribution < 1.29 is 13.2 Å². The van der Waals surface area contributed by atoms with Crippen molar-refractivity contribution in [3.8, 4) is 0 Å². The van der Waals surface area contributed by atoms with Gasteiger partial charge in [-0.2, -0.15) is 13.2 Å². The number of H-pyrrole nitrogens is 1. The van der Waals surface area contributed by atoms with Crippen molar-refractivity contribution in [3.05, 3.63) is 71.8 Å². The second kappa shape index (κ2) is 15.8. The van der Waals surface area contributed by atoms with E-state index in [2.05, 4.69) is 38.6 Å². The highest BCUT2D eigenvalue weighted by molar-refractivity contribution is 5.22. The van der Waals surface area contributed by atoms with Gasteiger partial charge in [0.15, 0.2) is 0 Å². The number of aryl methyl sites for hydroxylation is 1. The Morgan fingerprint density at radius 3 is 1.90 bits per heavy atom. The molecule has 0 radical (unpaired) electrons. The number of halogens is 3. The Balaban J connectivity index is 1.58. The molecule has 10 heteroatoms. The van der Waals surface area contributed by atoms with E-state index >= 15 is 0 Å². The van der Waals surface area contributed by atoms with Gasteiger partial charge in [0.05, 0.1) is 19.6 Å². The second-order valence-corrected chi connectivity index (χ2v) is 10.3. The van der Waals surface area contributed by atoms with Crippen molar-refractivity contribution in [2.24, 2.45) is 7.05 Å². The standard InChI is InChI=1S/C29H44F3N7/c1-4-15-37(16-5-2)17-6-7-18-38(24-29(30,31)32)20-25-8-10-26(11-9-25)21-39(22-27-33-12-13-34-27)23-28-35-14-19-36(28)3/h8-14,19H,4-7,15-18,20-24H2,1-3H3,(H,33,34). The maximum Gasteiger partial charge on any atom is 0.401 e. The average Bonchev–Trinajstić information content (AvgIpc) is 3.54. The molecule has 0 saturated heterocycles. The first-order chi connectivity index (χ1) is 18.8. The van der Waals surface area contributed by atoms with E-state index in [1.54, 1.807) is 12.4 Å². The zero-order valence-electron chi connectivity index (χ0n) is 23.6. The van der Waals surface area contributed by atoms with Crippen LogP contribution in [0.5, 0.6) is 0 Å². The highest BCUT2D eigenvalue weighted by Gasteiger charge is 2.30. The molecule has 0 aliphatic carbocycles. The fourth-order valence-corrected chi connectivity index (χ4v) is 4.89. The summed E-state index contributed by atoms with van der Waals surface area (Å²) in [6.07, 6.45) is 6.90. The molecule has 0 amide bonds. The van der Waals surface area contributed by atoms with E-state index in [9.17, 15) is 13.2 Å². The highest BCUT2D eigenvalue weighted by atomic mass is 19.4. The molecule has 0 saturated carbocycles. The molecule has 216 valence electrons. The lowest BCUT2D eigenvalue weighted by atomic mass is 10.1. The molecule has 1 N–H and O–H groups in total. The summed E-state index contributed by atoms with van der Waals surface area (Å²) in [5.74, 6) is 1.82. The van der Waals surface area contributed by atoms with Crippen molar-refractivity contribution in [2.45, 2.75) is 71.9 Å². The minimum absolute atomic E-state index is 0.288. The summed E-state index contributed by atoms with van der Waals surface area (Å²) in [4.78, 5) is 18.2. The van der Waals surface area contributed by atoms with E-state index in [1.165, 1.54) is 4.90 Å². The summed E-state index contributed by atoms with van der Waals surface area (Å²) in [5.41, 5.74) is 1.98. The monoisotopic (exact) mass is 547 g/mol. The van der Waals surface area contributed by atoms with Crippen LogP contribution >= 0.6 is 0 Å². The van der Waals surface area contributed by atoms with Gasteiger partial charge in [0.2, 0.25) is 0 Å². The molecular formula is C29H44F3N7. The SMILES string of the molecule is CCCN(CCC)CCCCN(Cc1ccc(CN(Cc2ncc[nH]2)Cc2nccn2C)cc1)CC(F)(F)F. The van der Waals surface area contributed by atoms with Gasteiger partial charge in [-0.1, -0.05) is 38.1 Å². The van der Waals surface area contributed by atoms with E-state index in [0.717, 1.165) is 68.1 Å². The van der Waals surface area contributed by atoms with Gasteiger partial charge in [-0.15, -0.1) is 0 Å². The Morgan fingerprint density at radius 1 is 0.769 bits per heavy atom. The fourth-order valence-electron chi connectivity index (χ4n) is 4.89. The topological polar surface area (TPSA) is 56.2 Å². The molecule has 0 atom stereocenters. The average molecular weight is 548 g/mol. The van der Waals surface area contributed by atoms with Crippen LogP contribution in [0.3, 0.4) is 0 Å². The molecule has 3 aromatic rings. The minimum Gasteiger partial charge on any atom is -0.348 e. The number of rotatable bonds is 18. The summed E-state index contributed by atoms with van der Waals surface area (Å²) in [5, 5.41) is 0. The van der Waals surface area contributed by atoms with Crippen molar-refractivity contribution in [1.82, 2.24) is 34.2 Å². The molecule has 39 heavy (non-hydrogen) atoms. The molecule has 0 unspecified atom stereocenters. The lowest BCUT2D eigenvalue weighted by Crippen LogP contribution is -2.35. The zero-order valence-corrected chi connectivity index (χ0v) is 23.6. The number of imidazole rings is 2. The summed E-state index contributed by atoms with van der Waals surface area (Å²) in [6, 6.07) is 7.94. The van der Waals surface area contributed by atoms with Gasteiger partial charge < -0.3 is 14.5 Å². The molecule has 3 rings (SSSR count). The molecule has 0 spiro atoms. The lowest BCUT2D eigenvalue weighted by molar-refractivity contribution is -0.147. The third-order valence-electron chi connectivity index (χ3n) is 6.73. The van der Waals surface area contributed by atoms with Gasteiger partial charge >= 0.3 is 6.18 Å². The predicted octanol–water partition coefficient (Wildman–Crippen LogP) is 5.61. The lowest BCUT2D eigenvalue weighted by Gasteiger charge is -2.25. The van der Waals surface area contributed by atoms with Crippen molar-refractivity contribution in [1.29, 1.82) is 0 Å². The van der Waals surface area contributed by atoms with Gasteiger partial charge in [0.1, 0.15) is 11.6 Å². The van der Waals surface area contributed by atoms with Crippen LogP contribution in [-0.4, -0.2) is 73.1 Å². The molecule has 2 aromatic heterocycles. The Bertz CT molecular complexity index is 1040. The van der Waals surface area contributed by atoms with E-state index in [0.29, 0.717) is 26.2 Å².